The van der Waals surface area contributed by atoms with Gasteiger partial charge >= 0.3 is 6.03 Å². The number of nitrogens with zero attached hydrogens (tertiary/aromatic N) is 1. The van der Waals surface area contributed by atoms with Crippen molar-refractivity contribution >= 4 is 35.1 Å². The van der Waals surface area contributed by atoms with Crippen molar-refractivity contribution in [1.82, 2.24) is 15.7 Å². The molecule has 1 atom stereocenters. The Labute approximate surface area is 187 Å². The van der Waals surface area contributed by atoms with E-state index in [0.717, 1.165) is 24.8 Å². The van der Waals surface area contributed by atoms with E-state index in [9.17, 15) is 14.4 Å². The minimum Gasteiger partial charge on any atom is -0.495 e. The van der Waals surface area contributed by atoms with E-state index in [4.69, 9.17) is 21.5 Å². The van der Waals surface area contributed by atoms with Gasteiger partial charge in [0.25, 0.3) is 5.91 Å². The summed E-state index contributed by atoms with van der Waals surface area (Å²) in [6, 6.07) is 2.93. The van der Waals surface area contributed by atoms with Gasteiger partial charge < -0.3 is 20.3 Å². The van der Waals surface area contributed by atoms with Crippen LogP contribution in [0.4, 0.5) is 10.5 Å². The molecule has 0 saturated heterocycles. The van der Waals surface area contributed by atoms with Gasteiger partial charge in [-0.15, -0.1) is 0 Å². The maximum absolute atomic E-state index is 12.7. The Morgan fingerprint density at radius 1 is 1.32 bits per heavy atom. The minimum absolute atomic E-state index is 0.145. The van der Waals surface area contributed by atoms with Crippen molar-refractivity contribution in [3.05, 3.63) is 22.7 Å². The molecular weight excluding hydrogens is 424 g/mol. The average molecular weight is 455 g/mol. The molecule has 172 valence electrons. The molecule has 0 heterocycles. The fourth-order valence-corrected chi connectivity index (χ4v) is 3.47. The molecule has 1 unspecified atom stereocenters. The number of nitrogens with one attached hydrogen (secondary N) is 3. The summed E-state index contributed by atoms with van der Waals surface area (Å²) in [7, 11) is 1.49. The van der Waals surface area contributed by atoms with Crippen LogP contribution in [0.15, 0.2) is 12.1 Å². The molecule has 0 aliphatic heterocycles. The summed E-state index contributed by atoms with van der Waals surface area (Å²) in [6.07, 6.45) is 3.38. The van der Waals surface area contributed by atoms with E-state index in [0.29, 0.717) is 28.9 Å². The maximum Gasteiger partial charge on any atom is 0.319 e. The number of halogens is 1. The maximum atomic E-state index is 12.7. The fourth-order valence-electron chi connectivity index (χ4n) is 3.31. The molecule has 1 saturated carbocycles. The number of amides is 4. The number of hydrogen-bond acceptors (Lipinski definition) is 5. The van der Waals surface area contributed by atoms with E-state index in [-0.39, 0.29) is 31.3 Å². The lowest BCUT2D eigenvalue weighted by molar-refractivity contribution is -0.140. The Balaban J connectivity index is 1.85. The highest BCUT2D eigenvalue weighted by molar-refractivity contribution is 6.31. The minimum atomic E-state index is -0.620. The standard InChI is InChI=1S/C21H31ClN4O5/c1-13(7-20(28)26(12-19(27)25-30)11-15-5-4-6-15)10-23-21(29)24-17-8-14(2)16(22)9-18(17)31-3/h8-9,13,15,30H,4-7,10-12H2,1-3H3,(H,25,27)(H2,23,24,29). The van der Waals surface area contributed by atoms with Gasteiger partial charge in [0.15, 0.2) is 0 Å². The molecule has 10 heteroatoms. The molecule has 4 amide bonds. The number of anilines is 1. The van der Waals surface area contributed by atoms with Gasteiger partial charge in [-0.2, -0.15) is 0 Å². The third kappa shape index (κ3) is 7.59. The molecule has 0 bridgehead atoms. The van der Waals surface area contributed by atoms with Gasteiger partial charge in [0.2, 0.25) is 5.91 Å². The van der Waals surface area contributed by atoms with E-state index in [1.54, 1.807) is 17.6 Å². The zero-order valence-electron chi connectivity index (χ0n) is 18.2. The molecular formula is C21H31ClN4O5. The van der Waals surface area contributed by atoms with Crippen molar-refractivity contribution in [3.63, 3.8) is 0 Å². The molecule has 1 aliphatic rings. The highest BCUT2D eigenvalue weighted by atomic mass is 35.5. The molecule has 0 radical (unpaired) electrons. The Bertz CT molecular complexity index is 800. The van der Waals surface area contributed by atoms with E-state index >= 15 is 0 Å². The number of ether oxygens (including phenoxy) is 1. The third-order valence-electron chi connectivity index (χ3n) is 5.38. The van der Waals surface area contributed by atoms with Gasteiger partial charge in [0.05, 0.1) is 12.8 Å². The molecule has 31 heavy (non-hydrogen) atoms. The summed E-state index contributed by atoms with van der Waals surface area (Å²) in [5.41, 5.74) is 2.87. The topological polar surface area (TPSA) is 120 Å². The summed E-state index contributed by atoms with van der Waals surface area (Å²) >= 11 is 6.08. The lowest BCUT2D eigenvalue weighted by atomic mass is 9.85. The Morgan fingerprint density at radius 3 is 2.61 bits per heavy atom. The number of rotatable bonds is 10. The number of urea groups is 1. The van der Waals surface area contributed by atoms with E-state index in [2.05, 4.69) is 10.6 Å². The Hall–Kier alpha value is -2.52. The second-order valence-electron chi connectivity index (χ2n) is 8.05. The van der Waals surface area contributed by atoms with Crippen LogP contribution >= 0.6 is 11.6 Å². The molecule has 0 aromatic heterocycles. The predicted octanol–water partition coefficient (Wildman–Crippen LogP) is 2.94. The average Bonchev–Trinajstić information content (AvgIpc) is 2.70. The summed E-state index contributed by atoms with van der Waals surface area (Å²) < 4.78 is 5.25. The van der Waals surface area contributed by atoms with Crippen LogP contribution in [0.2, 0.25) is 5.02 Å². The van der Waals surface area contributed by atoms with Gasteiger partial charge in [-0.3, -0.25) is 14.8 Å². The third-order valence-corrected chi connectivity index (χ3v) is 5.79. The second kappa shape index (κ2) is 11.8. The van der Waals surface area contributed by atoms with E-state index < -0.39 is 11.9 Å². The molecule has 9 nitrogen and oxygen atoms in total. The van der Waals surface area contributed by atoms with Crippen LogP contribution in [-0.4, -0.2) is 54.7 Å². The lowest BCUT2D eigenvalue weighted by Crippen LogP contribution is -2.44. The molecule has 1 aliphatic carbocycles. The van der Waals surface area contributed by atoms with Gasteiger partial charge in [-0.05, 0) is 43.2 Å². The largest absolute Gasteiger partial charge is 0.495 e. The van der Waals surface area contributed by atoms with Crippen molar-refractivity contribution < 1.29 is 24.3 Å². The molecule has 2 rings (SSSR count). The normalized spacial score (nSPS) is 14.2. The summed E-state index contributed by atoms with van der Waals surface area (Å²) in [6.45, 7) is 4.27. The van der Waals surface area contributed by atoms with Crippen molar-refractivity contribution in [2.75, 3.05) is 32.1 Å². The quantitative estimate of drug-likeness (QED) is 0.320. The lowest BCUT2D eigenvalue weighted by Gasteiger charge is -2.32. The van der Waals surface area contributed by atoms with Crippen molar-refractivity contribution in [1.29, 1.82) is 0 Å². The molecule has 1 aromatic rings. The van der Waals surface area contributed by atoms with Crippen LogP contribution in [0.3, 0.4) is 0 Å². The first-order valence-electron chi connectivity index (χ1n) is 10.3. The highest BCUT2D eigenvalue weighted by Gasteiger charge is 2.26. The first-order valence-corrected chi connectivity index (χ1v) is 10.7. The SMILES string of the molecule is COc1cc(Cl)c(C)cc1NC(=O)NCC(C)CC(=O)N(CC(=O)NO)CC1CCC1. The molecule has 1 aromatic carbocycles. The van der Waals surface area contributed by atoms with Crippen LogP contribution in [0.1, 0.15) is 38.2 Å². The first kappa shape index (κ1) is 24.7. The first-order chi connectivity index (χ1) is 14.7. The number of benzene rings is 1. The molecule has 1 fully saturated rings. The number of aryl methyl sites for hydroxylation is 1. The smallest absolute Gasteiger partial charge is 0.319 e. The zero-order valence-corrected chi connectivity index (χ0v) is 18.9. The second-order valence-corrected chi connectivity index (χ2v) is 8.46. The van der Waals surface area contributed by atoms with Gasteiger partial charge in [-0.1, -0.05) is 24.9 Å². The number of hydroxylamine groups is 1. The molecule has 0 spiro atoms. The summed E-state index contributed by atoms with van der Waals surface area (Å²) in [5, 5.41) is 14.8. The van der Waals surface area contributed by atoms with Crippen LogP contribution in [0.5, 0.6) is 5.75 Å². The number of carbonyl (C=O) groups excluding carboxylic acids is 3. The number of methoxy groups -OCH3 is 1. The highest BCUT2D eigenvalue weighted by Crippen LogP contribution is 2.31. The predicted molar refractivity (Wildman–Crippen MR) is 117 cm³/mol. The van der Waals surface area contributed by atoms with E-state index in [1.807, 2.05) is 13.8 Å². The molecule has 4 N–H and O–H groups in total. The van der Waals surface area contributed by atoms with Crippen molar-refractivity contribution in [2.45, 2.75) is 39.5 Å². The van der Waals surface area contributed by atoms with Crippen LogP contribution < -0.4 is 20.9 Å². The summed E-state index contributed by atoms with van der Waals surface area (Å²) in [5.74, 6) is -0.103. The Kier molecular flexibility index (Phi) is 9.39. The number of hydrogen-bond donors (Lipinski definition) is 4. The van der Waals surface area contributed by atoms with E-state index in [1.165, 1.54) is 12.0 Å². The fraction of sp³-hybridized carbons (Fsp3) is 0.571. The van der Waals surface area contributed by atoms with Crippen molar-refractivity contribution in [3.8, 4) is 5.75 Å². The number of carbonyl (C=O) groups is 3. The van der Waals surface area contributed by atoms with Gasteiger partial charge in [0.1, 0.15) is 12.3 Å². The zero-order chi connectivity index (χ0) is 23.0. The van der Waals surface area contributed by atoms with Crippen molar-refractivity contribution in [2.24, 2.45) is 11.8 Å². The van der Waals surface area contributed by atoms with Crippen LogP contribution in [0.25, 0.3) is 0 Å². The van der Waals surface area contributed by atoms with Gasteiger partial charge in [0, 0.05) is 30.6 Å². The van der Waals surface area contributed by atoms with Crippen LogP contribution in [0, 0.1) is 18.8 Å². The van der Waals surface area contributed by atoms with Gasteiger partial charge in [-0.25, -0.2) is 10.3 Å². The van der Waals surface area contributed by atoms with Crippen LogP contribution in [-0.2, 0) is 9.59 Å². The summed E-state index contributed by atoms with van der Waals surface area (Å²) in [4.78, 5) is 38.0. The monoisotopic (exact) mass is 454 g/mol. The Morgan fingerprint density at radius 2 is 2.03 bits per heavy atom.